The normalized spacial score (nSPS) is 18.7. The van der Waals surface area contributed by atoms with Gasteiger partial charge in [0, 0.05) is 18.4 Å². The number of aromatic nitrogens is 2. The quantitative estimate of drug-likeness (QED) is 0.892. The highest BCUT2D eigenvalue weighted by Crippen LogP contribution is 2.22. The van der Waals surface area contributed by atoms with E-state index < -0.39 is 0 Å². The molecule has 1 atom stereocenters. The van der Waals surface area contributed by atoms with Crippen LogP contribution in [-0.4, -0.2) is 28.7 Å². The minimum Gasteiger partial charge on any atom is -0.313 e. The molecule has 0 aliphatic carbocycles. The Morgan fingerprint density at radius 1 is 1.56 bits per heavy atom. The van der Waals surface area contributed by atoms with Crippen molar-refractivity contribution in [2.24, 2.45) is 0 Å². The molecular formula is C11H19ClN4OS. The number of carbonyl (C=O) groups is 1. The molecule has 1 fully saturated rings. The summed E-state index contributed by atoms with van der Waals surface area (Å²) < 4.78 is 0. The summed E-state index contributed by atoms with van der Waals surface area (Å²) in [5.74, 6) is 0.380. The van der Waals surface area contributed by atoms with Gasteiger partial charge >= 0.3 is 0 Å². The van der Waals surface area contributed by atoms with Gasteiger partial charge in [-0.1, -0.05) is 25.2 Å². The van der Waals surface area contributed by atoms with Gasteiger partial charge in [0.15, 0.2) is 0 Å². The summed E-state index contributed by atoms with van der Waals surface area (Å²) in [7, 11) is 0. The summed E-state index contributed by atoms with van der Waals surface area (Å²) in [6.07, 6.45) is 2.77. The molecule has 1 aromatic rings. The van der Waals surface area contributed by atoms with Gasteiger partial charge in [-0.05, 0) is 19.4 Å². The second-order valence-electron chi connectivity index (χ2n) is 4.65. The lowest BCUT2D eigenvalue weighted by atomic mass is 10.1. The molecule has 2 heterocycles. The van der Waals surface area contributed by atoms with Crippen molar-refractivity contribution in [2.75, 3.05) is 11.9 Å². The number of nitrogens with zero attached hydrogens (tertiary/aromatic N) is 2. The summed E-state index contributed by atoms with van der Waals surface area (Å²) in [5.41, 5.74) is 0. The lowest BCUT2D eigenvalue weighted by Crippen LogP contribution is -2.27. The van der Waals surface area contributed by atoms with Gasteiger partial charge < -0.3 is 10.6 Å². The fourth-order valence-corrected chi connectivity index (χ4v) is 2.61. The van der Waals surface area contributed by atoms with E-state index in [0.29, 0.717) is 23.5 Å². The molecule has 1 aromatic heterocycles. The smallest absolute Gasteiger partial charge is 0.227 e. The Bertz CT molecular complexity index is 390. The number of carbonyl (C=O) groups excluding carboxylic acids is 1. The van der Waals surface area contributed by atoms with Gasteiger partial charge in [0.25, 0.3) is 0 Å². The summed E-state index contributed by atoms with van der Waals surface area (Å²) >= 11 is 1.45. The Morgan fingerprint density at radius 2 is 2.33 bits per heavy atom. The zero-order valence-corrected chi connectivity index (χ0v) is 12.2. The molecule has 1 aliphatic rings. The number of hydrogen-bond donors (Lipinski definition) is 2. The van der Waals surface area contributed by atoms with Gasteiger partial charge in [-0.2, -0.15) is 0 Å². The van der Waals surface area contributed by atoms with Crippen LogP contribution in [0.25, 0.3) is 0 Å². The first-order valence-electron chi connectivity index (χ1n) is 6.02. The van der Waals surface area contributed by atoms with Gasteiger partial charge in [-0.25, -0.2) is 0 Å². The summed E-state index contributed by atoms with van der Waals surface area (Å²) in [6.45, 7) is 5.15. The molecule has 5 nitrogen and oxygen atoms in total. The summed E-state index contributed by atoms with van der Waals surface area (Å²) in [5, 5.41) is 15.7. The van der Waals surface area contributed by atoms with E-state index >= 15 is 0 Å². The van der Waals surface area contributed by atoms with Crippen LogP contribution in [0.3, 0.4) is 0 Å². The highest BCUT2D eigenvalue weighted by atomic mass is 35.5. The predicted octanol–water partition coefficient (Wildman–Crippen LogP) is 2.16. The van der Waals surface area contributed by atoms with Gasteiger partial charge in [0.1, 0.15) is 5.01 Å². The van der Waals surface area contributed by atoms with E-state index in [-0.39, 0.29) is 18.3 Å². The Hall–Kier alpha value is -0.720. The molecule has 1 aliphatic heterocycles. The summed E-state index contributed by atoms with van der Waals surface area (Å²) in [4.78, 5) is 11.7. The highest BCUT2D eigenvalue weighted by molar-refractivity contribution is 7.15. The Labute approximate surface area is 117 Å². The zero-order chi connectivity index (χ0) is 12.3. The van der Waals surface area contributed by atoms with E-state index in [1.807, 2.05) is 0 Å². The number of hydrogen-bond acceptors (Lipinski definition) is 5. The van der Waals surface area contributed by atoms with E-state index in [0.717, 1.165) is 24.4 Å². The van der Waals surface area contributed by atoms with E-state index in [9.17, 15) is 4.79 Å². The van der Waals surface area contributed by atoms with E-state index in [4.69, 9.17) is 0 Å². The van der Waals surface area contributed by atoms with Crippen LogP contribution in [0.5, 0.6) is 0 Å². The van der Waals surface area contributed by atoms with Crippen molar-refractivity contribution in [3.05, 3.63) is 5.01 Å². The lowest BCUT2D eigenvalue weighted by molar-refractivity contribution is -0.116. The number of anilines is 1. The first-order valence-corrected chi connectivity index (χ1v) is 6.83. The fraction of sp³-hybridized carbons (Fsp3) is 0.727. The van der Waals surface area contributed by atoms with Crippen molar-refractivity contribution in [1.29, 1.82) is 0 Å². The number of amides is 1. The molecule has 1 unspecified atom stereocenters. The van der Waals surface area contributed by atoms with Crippen LogP contribution in [-0.2, 0) is 4.79 Å². The number of halogens is 1. The van der Waals surface area contributed by atoms with Gasteiger partial charge in [-0.3, -0.25) is 4.79 Å². The molecular weight excluding hydrogens is 272 g/mol. The first kappa shape index (κ1) is 15.3. The number of nitrogens with one attached hydrogen (secondary N) is 2. The van der Waals surface area contributed by atoms with Crippen LogP contribution in [0.15, 0.2) is 0 Å². The van der Waals surface area contributed by atoms with Crippen molar-refractivity contribution in [3.8, 4) is 0 Å². The SMILES string of the molecule is CC(C)c1nnc(NC(=O)CC2CCCN2)s1.Cl. The molecule has 2 N–H and O–H groups in total. The van der Waals surface area contributed by atoms with Crippen molar-refractivity contribution in [1.82, 2.24) is 15.5 Å². The van der Waals surface area contributed by atoms with Crippen LogP contribution in [0.4, 0.5) is 5.13 Å². The van der Waals surface area contributed by atoms with E-state index in [2.05, 4.69) is 34.7 Å². The number of rotatable bonds is 4. The van der Waals surface area contributed by atoms with Crippen LogP contribution in [0.2, 0.25) is 0 Å². The molecule has 0 radical (unpaired) electrons. The van der Waals surface area contributed by atoms with Crippen LogP contribution >= 0.6 is 23.7 Å². The molecule has 0 saturated carbocycles. The second kappa shape index (κ2) is 7.01. The largest absolute Gasteiger partial charge is 0.313 e. The molecule has 1 amide bonds. The molecule has 7 heteroatoms. The van der Waals surface area contributed by atoms with Gasteiger partial charge in [0.2, 0.25) is 11.0 Å². The van der Waals surface area contributed by atoms with E-state index in [1.54, 1.807) is 0 Å². The van der Waals surface area contributed by atoms with Crippen molar-refractivity contribution in [2.45, 2.75) is 45.1 Å². The molecule has 2 rings (SSSR count). The average molecular weight is 291 g/mol. The molecule has 0 spiro atoms. The Balaban J connectivity index is 0.00000162. The Kier molecular flexibility index (Phi) is 5.98. The molecule has 102 valence electrons. The fourth-order valence-electron chi connectivity index (χ4n) is 1.84. The molecule has 0 aromatic carbocycles. The van der Waals surface area contributed by atoms with Crippen LogP contribution < -0.4 is 10.6 Å². The maximum Gasteiger partial charge on any atom is 0.227 e. The minimum absolute atomic E-state index is 0. The van der Waals surface area contributed by atoms with E-state index in [1.165, 1.54) is 11.3 Å². The molecule has 18 heavy (non-hydrogen) atoms. The first-order chi connectivity index (χ1) is 8.15. The predicted molar refractivity (Wildman–Crippen MR) is 75.5 cm³/mol. The third kappa shape index (κ3) is 4.19. The van der Waals surface area contributed by atoms with Gasteiger partial charge in [0.05, 0.1) is 0 Å². The topological polar surface area (TPSA) is 66.9 Å². The monoisotopic (exact) mass is 290 g/mol. The van der Waals surface area contributed by atoms with Crippen LogP contribution in [0.1, 0.15) is 44.0 Å². The second-order valence-corrected chi connectivity index (χ2v) is 5.65. The highest BCUT2D eigenvalue weighted by Gasteiger charge is 2.18. The Morgan fingerprint density at radius 3 is 2.89 bits per heavy atom. The summed E-state index contributed by atoms with van der Waals surface area (Å²) in [6, 6.07) is 0.326. The molecule has 1 saturated heterocycles. The molecule has 0 bridgehead atoms. The standard InChI is InChI=1S/C11H18N4OS.ClH/c1-7(2)10-14-15-11(17-10)13-9(16)6-8-4-3-5-12-8;/h7-8,12H,3-6H2,1-2H3,(H,13,15,16);1H. The maximum absolute atomic E-state index is 11.7. The van der Waals surface area contributed by atoms with Crippen molar-refractivity contribution >= 4 is 34.8 Å². The minimum atomic E-state index is 0. The third-order valence-corrected chi connectivity index (χ3v) is 3.91. The van der Waals surface area contributed by atoms with Crippen molar-refractivity contribution in [3.63, 3.8) is 0 Å². The zero-order valence-electron chi connectivity index (χ0n) is 10.6. The maximum atomic E-state index is 11.7. The van der Waals surface area contributed by atoms with Crippen LogP contribution in [0, 0.1) is 0 Å². The van der Waals surface area contributed by atoms with Crippen molar-refractivity contribution < 1.29 is 4.79 Å². The van der Waals surface area contributed by atoms with Gasteiger partial charge in [-0.15, -0.1) is 22.6 Å². The average Bonchev–Trinajstić information content (AvgIpc) is 2.88. The lowest BCUT2D eigenvalue weighted by Gasteiger charge is -2.08. The third-order valence-electron chi connectivity index (χ3n) is 2.78.